The Morgan fingerprint density at radius 2 is 1.75 bits per heavy atom. The van der Waals surface area contributed by atoms with E-state index in [9.17, 15) is 18.0 Å². The van der Waals surface area contributed by atoms with Gasteiger partial charge in [0.15, 0.2) is 0 Å². The molecule has 2 aromatic carbocycles. The van der Waals surface area contributed by atoms with Gasteiger partial charge in [-0.2, -0.15) is 13.2 Å². The van der Waals surface area contributed by atoms with E-state index >= 15 is 0 Å². The summed E-state index contributed by atoms with van der Waals surface area (Å²) < 4.78 is 38.6. The summed E-state index contributed by atoms with van der Waals surface area (Å²) in [5.74, 6) is -0.569. The van der Waals surface area contributed by atoms with Gasteiger partial charge in [-0.1, -0.05) is 18.2 Å². The Hall–Kier alpha value is -1.57. The zero-order valence-electron chi connectivity index (χ0n) is 10.0. The summed E-state index contributed by atoms with van der Waals surface area (Å²) in [7, 11) is 0. The predicted octanol–water partition coefficient (Wildman–Crippen LogP) is 4.56. The van der Waals surface area contributed by atoms with Crippen molar-refractivity contribution in [2.45, 2.75) is 6.18 Å². The van der Waals surface area contributed by atoms with Gasteiger partial charge in [0.2, 0.25) is 0 Å². The first kappa shape index (κ1) is 14.8. The molecule has 0 aliphatic carbocycles. The summed E-state index contributed by atoms with van der Waals surface area (Å²) in [6.07, 6.45) is -4.46. The molecule has 20 heavy (non-hydrogen) atoms. The molecule has 0 atom stereocenters. The zero-order chi connectivity index (χ0) is 14.8. The Labute approximate surface area is 127 Å². The largest absolute Gasteiger partial charge is 0.416 e. The lowest BCUT2D eigenvalue weighted by atomic mass is 10.1. The second-order valence-corrected chi connectivity index (χ2v) is 5.17. The molecule has 0 aliphatic heterocycles. The molecule has 1 N–H and O–H groups in total. The van der Waals surface area contributed by atoms with Gasteiger partial charge in [0.05, 0.1) is 11.3 Å². The van der Waals surface area contributed by atoms with E-state index < -0.39 is 17.6 Å². The molecule has 6 heteroatoms. The van der Waals surface area contributed by atoms with Crippen LogP contribution in [0.3, 0.4) is 0 Å². The number of carbonyl (C=O) groups excluding carboxylic acids is 1. The normalized spacial score (nSPS) is 11.2. The first-order valence-corrected chi connectivity index (χ1v) is 6.69. The number of para-hydroxylation sites is 1. The fourth-order valence-corrected chi connectivity index (χ4v) is 2.12. The molecule has 0 bridgehead atoms. The number of alkyl halides is 3. The molecule has 0 spiro atoms. The summed E-state index contributed by atoms with van der Waals surface area (Å²) in [6.45, 7) is 0. The Morgan fingerprint density at radius 3 is 2.40 bits per heavy atom. The van der Waals surface area contributed by atoms with E-state index in [0.29, 0.717) is 5.69 Å². The van der Waals surface area contributed by atoms with E-state index in [-0.39, 0.29) is 5.56 Å². The van der Waals surface area contributed by atoms with Crippen molar-refractivity contribution in [1.29, 1.82) is 0 Å². The summed E-state index contributed by atoms with van der Waals surface area (Å²) in [5.41, 5.74) is -0.303. The van der Waals surface area contributed by atoms with Crippen LogP contribution in [0.5, 0.6) is 0 Å². The van der Waals surface area contributed by atoms with Crippen molar-refractivity contribution in [3.05, 3.63) is 63.2 Å². The van der Waals surface area contributed by atoms with Crippen LogP contribution in [0.1, 0.15) is 15.9 Å². The number of hydrogen-bond acceptors (Lipinski definition) is 1. The van der Waals surface area contributed by atoms with E-state index in [1.165, 1.54) is 12.1 Å². The molecular formula is C14H9F3INO. The molecular weight excluding hydrogens is 382 g/mol. The third kappa shape index (κ3) is 3.50. The van der Waals surface area contributed by atoms with Crippen LogP contribution in [0.4, 0.5) is 18.9 Å². The molecule has 0 saturated heterocycles. The van der Waals surface area contributed by atoms with Crippen LogP contribution in [0.25, 0.3) is 0 Å². The van der Waals surface area contributed by atoms with Gasteiger partial charge in [-0.05, 0) is 52.9 Å². The molecule has 0 unspecified atom stereocenters. The van der Waals surface area contributed by atoms with Crippen molar-refractivity contribution in [2.75, 3.05) is 5.32 Å². The van der Waals surface area contributed by atoms with Crippen LogP contribution < -0.4 is 5.32 Å². The van der Waals surface area contributed by atoms with Crippen molar-refractivity contribution in [3.8, 4) is 0 Å². The quantitative estimate of drug-likeness (QED) is 0.748. The molecule has 0 heterocycles. The lowest BCUT2D eigenvalue weighted by molar-refractivity contribution is -0.137. The predicted molar refractivity (Wildman–Crippen MR) is 78.6 cm³/mol. The fraction of sp³-hybridized carbons (Fsp3) is 0.0714. The fourth-order valence-electron chi connectivity index (χ4n) is 1.59. The summed E-state index contributed by atoms with van der Waals surface area (Å²) >= 11 is 2.04. The van der Waals surface area contributed by atoms with Gasteiger partial charge in [0.25, 0.3) is 5.91 Å². The average Bonchev–Trinajstić information content (AvgIpc) is 2.40. The van der Waals surface area contributed by atoms with Gasteiger partial charge in [-0.15, -0.1) is 0 Å². The molecule has 104 valence electrons. The van der Waals surface area contributed by atoms with E-state index in [1.54, 1.807) is 18.2 Å². The molecule has 0 aliphatic rings. The molecule has 0 saturated carbocycles. The van der Waals surface area contributed by atoms with Crippen LogP contribution in [-0.2, 0) is 6.18 Å². The first-order valence-electron chi connectivity index (χ1n) is 5.61. The smallest absolute Gasteiger partial charge is 0.321 e. The number of amides is 1. The minimum Gasteiger partial charge on any atom is -0.321 e. The van der Waals surface area contributed by atoms with Crippen LogP contribution in [-0.4, -0.2) is 5.91 Å². The Bertz CT molecular complexity index is 640. The third-order valence-electron chi connectivity index (χ3n) is 2.57. The molecule has 2 rings (SSSR count). The standard InChI is InChI=1S/C14H9F3INO/c15-14(16,17)10-5-3-4-9(8-10)13(20)19-12-7-2-1-6-11(12)18/h1-8H,(H,19,20). The molecule has 2 aromatic rings. The van der Waals surface area contributed by atoms with Crippen molar-refractivity contribution in [3.63, 3.8) is 0 Å². The second-order valence-electron chi connectivity index (χ2n) is 4.01. The van der Waals surface area contributed by atoms with Crippen LogP contribution >= 0.6 is 22.6 Å². The van der Waals surface area contributed by atoms with Crippen molar-refractivity contribution in [2.24, 2.45) is 0 Å². The molecule has 0 radical (unpaired) electrons. The number of halogens is 4. The monoisotopic (exact) mass is 391 g/mol. The minimum atomic E-state index is -4.46. The summed E-state index contributed by atoms with van der Waals surface area (Å²) in [4.78, 5) is 12.0. The minimum absolute atomic E-state index is 0.0283. The number of anilines is 1. The number of hydrogen-bond donors (Lipinski definition) is 1. The molecule has 0 fully saturated rings. The highest BCUT2D eigenvalue weighted by Gasteiger charge is 2.30. The van der Waals surface area contributed by atoms with Crippen molar-refractivity contribution >= 4 is 34.2 Å². The topological polar surface area (TPSA) is 29.1 Å². The van der Waals surface area contributed by atoms with Gasteiger partial charge >= 0.3 is 6.18 Å². The summed E-state index contributed by atoms with van der Waals surface area (Å²) in [6, 6.07) is 11.4. The summed E-state index contributed by atoms with van der Waals surface area (Å²) in [5, 5.41) is 2.59. The van der Waals surface area contributed by atoms with Gasteiger partial charge in [-0.3, -0.25) is 4.79 Å². The van der Waals surface area contributed by atoms with E-state index in [2.05, 4.69) is 5.32 Å². The lowest BCUT2D eigenvalue weighted by Crippen LogP contribution is -2.14. The van der Waals surface area contributed by atoms with E-state index in [4.69, 9.17) is 0 Å². The van der Waals surface area contributed by atoms with Gasteiger partial charge < -0.3 is 5.32 Å². The van der Waals surface area contributed by atoms with Gasteiger partial charge in [-0.25, -0.2) is 0 Å². The number of carbonyl (C=O) groups is 1. The Balaban J connectivity index is 2.24. The zero-order valence-corrected chi connectivity index (χ0v) is 12.2. The second kappa shape index (κ2) is 5.82. The van der Waals surface area contributed by atoms with E-state index in [1.807, 2.05) is 28.7 Å². The van der Waals surface area contributed by atoms with Crippen LogP contribution in [0.15, 0.2) is 48.5 Å². The highest BCUT2D eigenvalue weighted by atomic mass is 127. The van der Waals surface area contributed by atoms with Crippen molar-refractivity contribution in [1.82, 2.24) is 0 Å². The highest BCUT2D eigenvalue weighted by Crippen LogP contribution is 2.29. The lowest BCUT2D eigenvalue weighted by Gasteiger charge is -2.10. The van der Waals surface area contributed by atoms with Crippen LogP contribution in [0.2, 0.25) is 0 Å². The number of rotatable bonds is 2. The molecule has 1 amide bonds. The van der Waals surface area contributed by atoms with Gasteiger partial charge in [0.1, 0.15) is 0 Å². The Morgan fingerprint density at radius 1 is 1.05 bits per heavy atom. The maximum absolute atomic E-state index is 12.6. The first-order chi connectivity index (χ1) is 9.38. The highest BCUT2D eigenvalue weighted by molar-refractivity contribution is 14.1. The molecule has 0 aromatic heterocycles. The number of benzene rings is 2. The third-order valence-corrected chi connectivity index (χ3v) is 3.51. The van der Waals surface area contributed by atoms with E-state index in [0.717, 1.165) is 15.7 Å². The van der Waals surface area contributed by atoms with Crippen LogP contribution in [0, 0.1) is 3.57 Å². The van der Waals surface area contributed by atoms with Gasteiger partial charge in [0, 0.05) is 9.13 Å². The maximum Gasteiger partial charge on any atom is 0.416 e. The average molecular weight is 391 g/mol. The Kier molecular flexibility index (Phi) is 4.32. The SMILES string of the molecule is O=C(Nc1ccccc1I)c1cccc(C(F)(F)F)c1. The number of nitrogens with one attached hydrogen (secondary N) is 1. The van der Waals surface area contributed by atoms with Crippen molar-refractivity contribution < 1.29 is 18.0 Å². The maximum atomic E-state index is 12.6. The molecule has 2 nitrogen and oxygen atoms in total.